The van der Waals surface area contributed by atoms with Crippen LogP contribution < -0.4 is 5.73 Å². The van der Waals surface area contributed by atoms with Crippen LogP contribution >= 0.6 is 11.6 Å². The van der Waals surface area contributed by atoms with Gasteiger partial charge in [-0.2, -0.15) is 0 Å². The van der Waals surface area contributed by atoms with Crippen molar-refractivity contribution in [2.45, 2.75) is 0 Å². The Bertz CT molecular complexity index is 721. The Morgan fingerprint density at radius 1 is 0.700 bits per heavy atom. The number of hydrogen-bond donors (Lipinski definition) is 1. The van der Waals surface area contributed by atoms with E-state index in [0.717, 1.165) is 22.3 Å². The SMILES string of the molecule is Nc1cc(Cl)cc(-c2ccccc2)c1-c1ccccc1. The molecule has 0 aliphatic carbocycles. The first-order chi connectivity index (χ1) is 9.75. The monoisotopic (exact) mass is 279 g/mol. The molecule has 0 spiro atoms. The molecule has 0 aliphatic heterocycles. The van der Waals surface area contributed by atoms with Crippen molar-refractivity contribution in [2.75, 3.05) is 5.73 Å². The molecule has 1 nitrogen and oxygen atoms in total. The van der Waals surface area contributed by atoms with E-state index in [2.05, 4.69) is 24.3 Å². The van der Waals surface area contributed by atoms with Gasteiger partial charge in [0, 0.05) is 16.3 Å². The van der Waals surface area contributed by atoms with E-state index < -0.39 is 0 Å². The predicted octanol–water partition coefficient (Wildman–Crippen LogP) is 5.26. The first-order valence-corrected chi connectivity index (χ1v) is 6.83. The van der Waals surface area contributed by atoms with Gasteiger partial charge in [-0.1, -0.05) is 72.3 Å². The topological polar surface area (TPSA) is 26.0 Å². The molecule has 0 radical (unpaired) electrons. The maximum absolute atomic E-state index is 6.21. The standard InChI is InChI=1S/C18H14ClN/c19-15-11-16(13-7-3-1-4-8-13)18(17(20)12-15)14-9-5-2-6-10-14/h1-12H,20H2. The number of halogens is 1. The Kier molecular flexibility index (Phi) is 3.44. The fraction of sp³-hybridized carbons (Fsp3) is 0. The summed E-state index contributed by atoms with van der Waals surface area (Å²) in [7, 11) is 0. The zero-order valence-corrected chi connectivity index (χ0v) is 11.6. The van der Waals surface area contributed by atoms with Gasteiger partial charge in [-0.15, -0.1) is 0 Å². The number of nitrogens with two attached hydrogens (primary N) is 1. The number of nitrogen functional groups attached to an aromatic ring is 1. The summed E-state index contributed by atoms with van der Waals surface area (Å²) in [5.74, 6) is 0. The Labute approximate surface area is 123 Å². The highest BCUT2D eigenvalue weighted by Gasteiger charge is 2.12. The van der Waals surface area contributed by atoms with Crippen LogP contribution in [0, 0.1) is 0 Å². The number of benzene rings is 3. The minimum absolute atomic E-state index is 0.654. The van der Waals surface area contributed by atoms with E-state index in [4.69, 9.17) is 17.3 Å². The lowest BCUT2D eigenvalue weighted by Gasteiger charge is -2.14. The third-order valence-corrected chi connectivity index (χ3v) is 3.50. The molecule has 3 rings (SSSR count). The highest BCUT2D eigenvalue weighted by atomic mass is 35.5. The first-order valence-electron chi connectivity index (χ1n) is 6.45. The summed E-state index contributed by atoms with van der Waals surface area (Å²) in [6.45, 7) is 0. The second kappa shape index (κ2) is 5.40. The minimum atomic E-state index is 0.654. The Morgan fingerprint density at radius 3 is 1.85 bits per heavy atom. The third-order valence-electron chi connectivity index (χ3n) is 3.28. The zero-order chi connectivity index (χ0) is 13.9. The molecule has 2 N–H and O–H groups in total. The highest BCUT2D eigenvalue weighted by molar-refractivity contribution is 6.31. The molecule has 20 heavy (non-hydrogen) atoms. The summed E-state index contributed by atoms with van der Waals surface area (Å²) >= 11 is 6.18. The molecule has 0 aromatic heterocycles. The average Bonchev–Trinajstić information content (AvgIpc) is 2.48. The number of anilines is 1. The second-order valence-corrected chi connectivity index (χ2v) is 5.09. The Balaban J connectivity index is 2.29. The van der Waals surface area contributed by atoms with Crippen molar-refractivity contribution in [3.8, 4) is 22.3 Å². The van der Waals surface area contributed by atoms with E-state index in [1.54, 1.807) is 6.07 Å². The van der Waals surface area contributed by atoms with Crippen molar-refractivity contribution in [3.63, 3.8) is 0 Å². The third kappa shape index (κ3) is 2.40. The van der Waals surface area contributed by atoms with Gasteiger partial charge >= 0.3 is 0 Å². The molecule has 0 bridgehead atoms. The molecule has 0 heterocycles. The van der Waals surface area contributed by atoms with Crippen LogP contribution in [-0.4, -0.2) is 0 Å². The van der Waals surface area contributed by atoms with Gasteiger partial charge in [0.05, 0.1) is 0 Å². The fourth-order valence-corrected chi connectivity index (χ4v) is 2.63. The minimum Gasteiger partial charge on any atom is -0.398 e. The Morgan fingerprint density at radius 2 is 1.25 bits per heavy atom. The summed E-state index contributed by atoms with van der Waals surface area (Å²) in [6.07, 6.45) is 0. The molecule has 0 fully saturated rings. The van der Waals surface area contributed by atoms with E-state index >= 15 is 0 Å². The van der Waals surface area contributed by atoms with Crippen molar-refractivity contribution in [2.24, 2.45) is 0 Å². The number of hydrogen-bond acceptors (Lipinski definition) is 1. The maximum atomic E-state index is 6.21. The van der Waals surface area contributed by atoms with Crippen LogP contribution in [0.4, 0.5) is 5.69 Å². The van der Waals surface area contributed by atoms with Gasteiger partial charge in [-0.25, -0.2) is 0 Å². The second-order valence-electron chi connectivity index (χ2n) is 4.65. The van der Waals surface area contributed by atoms with E-state index in [-0.39, 0.29) is 0 Å². The lowest BCUT2D eigenvalue weighted by atomic mass is 9.93. The maximum Gasteiger partial charge on any atom is 0.0433 e. The van der Waals surface area contributed by atoms with Gasteiger partial charge in [0.1, 0.15) is 0 Å². The molecule has 0 saturated heterocycles. The molecular weight excluding hydrogens is 266 g/mol. The van der Waals surface area contributed by atoms with Crippen molar-refractivity contribution in [1.29, 1.82) is 0 Å². The van der Waals surface area contributed by atoms with E-state index in [0.29, 0.717) is 10.7 Å². The smallest absolute Gasteiger partial charge is 0.0433 e. The predicted molar refractivity (Wildman–Crippen MR) is 86.7 cm³/mol. The molecule has 0 saturated carbocycles. The summed E-state index contributed by atoms with van der Waals surface area (Å²) in [6, 6.07) is 24.1. The molecule has 3 aromatic rings. The van der Waals surface area contributed by atoms with E-state index in [1.807, 2.05) is 42.5 Å². The molecular formula is C18H14ClN. The summed E-state index contributed by atoms with van der Waals surface area (Å²) < 4.78 is 0. The molecule has 0 amide bonds. The first kappa shape index (κ1) is 12.8. The Hall–Kier alpha value is -2.25. The van der Waals surface area contributed by atoms with Gasteiger partial charge < -0.3 is 5.73 Å². The molecule has 0 unspecified atom stereocenters. The average molecular weight is 280 g/mol. The van der Waals surface area contributed by atoms with Crippen molar-refractivity contribution >= 4 is 17.3 Å². The number of rotatable bonds is 2. The largest absolute Gasteiger partial charge is 0.398 e. The summed E-state index contributed by atoms with van der Waals surface area (Å²) in [4.78, 5) is 0. The van der Waals surface area contributed by atoms with Crippen LogP contribution in [0.5, 0.6) is 0 Å². The van der Waals surface area contributed by atoms with Crippen LogP contribution in [-0.2, 0) is 0 Å². The normalized spacial score (nSPS) is 10.4. The van der Waals surface area contributed by atoms with Gasteiger partial charge in [0.15, 0.2) is 0 Å². The molecule has 0 atom stereocenters. The molecule has 0 aliphatic rings. The van der Waals surface area contributed by atoms with Gasteiger partial charge in [-0.05, 0) is 28.8 Å². The van der Waals surface area contributed by atoms with Crippen molar-refractivity contribution < 1.29 is 0 Å². The van der Waals surface area contributed by atoms with E-state index in [1.165, 1.54) is 0 Å². The highest BCUT2D eigenvalue weighted by Crippen LogP contribution is 2.38. The van der Waals surface area contributed by atoms with Crippen LogP contribution in [0.15, 0.2) is 72.8 Å². The lowest BCUT2D eigenvalue weighted by Crippen LogP contribution is -1.94. The molecule has 98 valence electrons. The van der Waals surface area contributed by atoms with Gasteiger partial charge in [0.2, 0.25) is 0 Å². The molecule has 3 aromatic carbocycles. The van der Waals surface area contributed by atoms with Crippen LogP contribution in [0.25, 0.3) is 22.3 Å². The summed E-state index contributed by atoms with van der Waals surface area (Å²) in [5, 5.41) is 0.654. The van der Waals surface area contributed by atoms with E-state index in [9.17, 15) is 0 Å². The van der Waals surface area contributed by atoms with Gasteiger partial charge in [-0.3, -0.25) is 0 Å². The van der Waals surface area contributed by atoms with Gasteiger partial charge in [0.25, 0.3) is 0 Å². The zero-order valence-electron chi connectivity index (χ0n) is 10.9. The van der Waals surface area contributed by atoms with Crippen LogP contribution in [0.1, 0.15) is 0 Å². The fourth-order valence-electron chi connectivity index (χ4n) is 2.40. The molecule has 2 heteroatoms. The van der Waals surface area contributed by atoms with Crippen LogP contribution in [0.3, 0.4) is 0 Å². The summed E-state index contributed by atoms with van der Waals surface area (Å²) in [5.41, 5.74) is 11.2. The van der Waals surface area contributed by atoms with Crippen molar-refractivity contribution in [1.82, 2.24) is 0 Å². The quantitative estimate of drug-likeness (QED) is 0.637. The lowest BCUT2D eigenvalue weighted by molar-refractivity contribution is 1.57. The van der Waals surface area contributed by atoms with Crippen molar-refractivity contribution in [3.05, 3.63) is 77.8 Å². The van der Waals surface area contributed by atoms with Crippen LogP contribution in [0.2, 0.25) is 5.02 Å².